The van der Waals surface area contributed by atoms with Crippen LogP contribution in [0.2, 0.25) is 0 Å². The van der Waals surface area contributed by atoms with Gasteiger partial charge in [-0.2, -0.15) is 0 Å². The summed E-state index contributed by atoms with van der Waals surface area (Å²) in [6.45, 7) is 12.6. The molecule has 0 bridgehead atoms. The summed E-state index contributed by atoms with van der Waals surface area (Å²) in [5.74, 6) is 0.211. The largest absolute Gasteiger partial charge is 0.385 e. The van der Waals surface area contributed by atoms with Gasteiger partial charge in [-0.3, -0.25) is 0 Å². The quantitative estimate of drug-likeness (QED) is 0.802. The van der Waals surface area contributed by atoms with E-state index < -0.39 is 5.60 Å². The highest BCUT2D eigenvalue weighted by Crippen LogP contribution is 2.32. The third kappa shape index (κ3) is 2.65. The second-order valence-electron chi connectivity index (χ2n) is 6.13. The molecular formula is C15H24O. The maximum absolute atomic E-state index is 10.5. The Morgan fingerprint density at radius 3 is 1.94 bits per heavy atom. The molecule has 0 aliphatic heterocycles. The number of rotatable bonds is 2. The maximum atomic E-state index is 10.5. The van der Waals surface area contributed by atoms with E-state index in [2.05, 4.69) is 32.9 Å². The van der Waals surface area contributed by atoms with E-state index >= 15 is 0 Å². The third-order valence-corrected chi connectivity index (χ3v) is 3.44. The Morgan fingerprint density at radius 2 is 1.50 bits per heavy atom. The smallest absolute Gasteiger partial charge is 0.0891 e. The molecule has 0 amide bonds. The Balaban J connectivity index is 3.18. The van der Waals surface area contributed by atoms with E-state index in [-0.39, 0.29) is 11.3 Å². The molecular weight excluding hydrogens is 196 g/mol. The van der Waals surface area contributed by atoms with Gasteiger partial charge in [-0.1, -0.05) is 58.9 Å². The van der Waals surface area contributed by atoms with Crippen molar-refractivity contribution in [1.82, 2.24) is 0 Å². The Kier molecular flexibility index (Phi) is 3.49. The molecule has 1 atom stereocenters. The molecule has 1 aromatic carbocycles. The van der Waals surface area contributed by atoms with Gasteiger partial charge in [-0.05, 0) is 29.4 Å². The summed E-state index contributed by atoms with van der Waals surface area (Å²) in [6, 6.07) is 8.29. The highest BCUT2D eigenvalue weighted by molar-refractivity contribution is 5.32. The van der Waals surface area contributed by atoms with E-state index in [0.717, 1.165) is 5.56 Å². The molecule has 0 aliphatic rings. The van der Waals surface area contributed by atoms with E-state index in [9.17, 15) is 5.11 Å². The maximum Gasteiger partial charge on any atom is 0.0891 e. The van der Waals surface area contributed by atoms with Crippen molar-refractivity contribution in [2.75, 3.05) is 0 Å². The van der Waals surface area contributed by atoms with Crippen molar-refractivity contribution in [3.05, 3.63) is 35.4 Å². The molecule has 0 heterocycles. The van der Waals surface area contributed by atoms with Crippen LogP contribution >= 0.6 is 0 Å². The van der Waals surface area contributed by atoms with Crippen LogP contribution in [0.1, 0.15) is 52.7 Å². The van der Waals surface area contributed by atoms with Gasteiger partial charge >= 0.3 is 0 Å². The molecule has 1 rings (SSSR count). The summed E-state index contributed by atoms with van der Waals surface area (Å²) in [5, 5.41) is 10.5. The molecule has 0 saturated carbocycles. The molecule has 0 unspecified atom stereocenters. The first-order valence-corrected chi connectivity index (χ1v) is 5.99. The number of benzene rings is 1. The first-order valence-electron chi connectivity index (χ1n) is 5.99. The lowest BCUT2D eigenvalue weighted by atomic mass is 9.80. The number of hydrogen-bond donors (Lipinski definition) is 1. The fourth-order valence-electron chi connectivity index (χ4n) is 1.63. The summed E-state index contributed by atoms with van der Waals surface area (Å²) in [5.41, 5.74) is 1.66. The number of aliphatic hydroxyl groups is 1. The summed E-state index contributed by atoms with van der Waals surface area (Å²) >= 11 is 0. The zero-order valence-corrected chi connectivity index (χ0v) is 11.3. The molecule has 0 spiro atoms. The molecule has 1 nitrogen and oxygen atoms in total. The van der Waals surface area contributed by atoms with Crippen molar-refractivity contribution in [1.29, 1.82) is 0 Å². The minimum atomic E-state index is -0.749. The van der Waals surface area contributed by atoms with Gasteiger partial charge in [0.05, 0.1) is 5.60 Å². The van der Waals surface area contributed by atoms with E-state index in [0.29, 0.717) is 0 Å². The second-order valence-corrected chi connectivity index (χ2v) is 6.13. The van der Waals surface area contributed by atoms with E-state index in [1.165, 1.54) is 5.56 Å². The lowest BCUT2D eigenvalue weighted by Gasteiger charge is -2.30. The van der Waals surface area contributed by atoms with Gasteiger partial charge < -0.3 is 5.11 Å². The lowest BCUT2D eigenvalue weighted by molar-refractivity contribution is 0.00894. The molecule has 0 radical (unpaired) electrons. The average molecular weight is 220 g/mol. The Labute approximate surface area is 99.5 Å². The van der Waals surface area contributed by atoms with E-state index in [1.54, 1.807) is 0 Å². The average Bonchev–Trinajstić information content (AvgIpc) is 2.16. The van der Waals surface area contributed by atoms with Crippen LogP contribution in [0.25, 0.3) is 0 Å². The zero-order valence-electron chi connectivity index (χ0n) is 11.3. The summed E-state index contributed by atoms with van der Waals surface area (Å²) in [4.78, 5) is 0. The van der Waals surface area contributed by atoms with Gasteiger partial charge in [0.1, 0.15) is 0 Å². The van der Waals surface area contributed by atoms with Gasteiger partial charge in [-0.25, -0.2) is 0 Å². The molecule has 16 heavy (non-hydrogen) atoms. The SMILES string of the molecule is CC(C)[C@](C)(O)c1cccc(C(C)(C)C)c1. The molecule has 90 valence electrons. The van der Waals surface area contributed by atoms with Crippen LogP contribution in [0.15, 0.2) is 24.3 Å². The van der Waals surface area contributed by atoms with Crippen LogP contribution in [0, 0.1) is 5.92 Å². The highest BCUT2D eigenvalue weighted by atomic mass is 16.3. The fraction of sp³-hybridized carbons (Fsp3) is 0.600. The van der Waals surface area contributed by atoms with Gasteiger partial charge in [0.15, 0.2) is 0 Å². The van der Waals surface area contributed by atoms with Crippen molar-refractivity contribution < 1.29 is 5.11 Å². The summed E-state index contributed by atoms with van der Waals surface area (Å²) in [7, 11) is 0. The summed E-state index contributed by atoms with van der Waals surface area (Å²) in [6.07, 6.45) is 0. The topological polar surface area (TPSA) is 20.2 Å². The minimum Gasteiger partial charge on any atom is -0.385 e. The fourth-order valence-corrected chi connectivity index (χ4v) is 1.63. The lowest BCUT2D eigenvalue weighted by Crippen LogP contribution is -2.28. The Bertz CT molecular complexity index is 356. The summed E-state index contributed by atoms with van der Waals surface area (Å²) < 4.78 is 0. The van der Waals surface area contributed by atoms with Crippen LogP contribution in [-0.2, 0) is 11.0 Å². The first kappa shape index (κ1) is 13.2. The molecule has 1 N–H and O–H groups in total. The van der Waals surface area contributed by atoms with Crippen molar-refractivity contribution in [2.24, 2.45) is 5.92 Å². The third-order valence-electron chi connectivity index (χ3n) is 3.44. The van der Waals surface area contributed by atoms with Crippen LogP contribution < -0.4 is 0 Å². The molecule has 0 fully saturated rings. The second kappa shape index (κ2) is 4.21. The predicted molar refractivity (Wildman–Crippen MR) is 69.6 cm³/mol. The van der Waals surface area contributed by atoms with Crippen LogP contribution in [0.5, 0.6) is 0 Å². The van der Waals surface area contributed by atoms with E-state index in [1.807, 2.05) is 32.9 Å². The van der Waals surface area contributed by atoms with Gasteiger partial charge in [-0.15, -0.1) is 0 Å². The van der Waals surface area contributed by atoms with Gasteiger partial charge in [0.25, 0.3) is 0 Å². The molecule has 1 aromatic rings. The van der Waals surface area contributed by atoms with Gasteiger partial charge in [0, 0.05) is 0 Å². The van der Waals surface area contributed by atoms with Crippen molar-refractivity contribution in [3.63, 3.8) is 0 Å². The van der Waals surface area contributed by atoms with Gasteiger partial charge in [0.2, 0.25) is 0 Å². The van der Waals surface area contributed by atoms with Crippen LogP contribution in [-0.4, -0.2) is 5.11 Å². The minimum absolute atomic E-state index is 0.128. The van der Waals surface area contributed by atoms with Crippen LogP contribution in [0.4, 0.5) is 0 Å². The van der Waals surface area contributed by atoms with E-state index in [4.69, 9.17) is 0 Å². The normalized spacial score (nSPS) is 16.2. The molecule has 0 aromatic heterocycles. The Morgan fingerprint density at radius 1 is 1.00 bits per heavy atom. The Hall–Kier alpha value is -0.820. The van der Waals surface area contributed by atoms with Crippen molar-refractivity contribution >= 4 is 0 Å². The highest BCUT2D eigenvalue weighted by Gasteiger charge is 2.28. The van der Waals surface area contributed by atoms with Crippen LogP contribution in [0.3, 0.4) is 0 Å². The zero-order chi connectivity index (χ0) is 12.6. The molecule has 0 saturated heterocycles. The molecule has 1 heteroatoms. The van der Waals surface area contributed by atoms with Crippen molar-refractivity contribution in [2.45, 2.75) is 52.6 Å². The molecule has 0 aliphatic carbocycles. The number of hydrogen-bond acceptors (Lipinski definition) is 1. The first-order chi connectivity index (χ1) is 7.15. The monoisotopic (exact) mass is 220 g/mol. The predicted octanol–water partition coefficient (Wildman–Crippen LogP) is 3.85. The van der Waals surface area contributed by atoms with Crippen molar-refractivity contribution in [3.8, 4) is 0 Å². The standard InChI is InChI=1S/C15H24O/c1-11(2)15(6,16)13-9-7-8-12(10-13)14(3,4)5/h7-11,16H,1-6H3/t15-/m0/s1.